The van der Waals surface area contributed by atoms with Gasteiger partial charge < -0.3 is 4.74 Å². The van der Waals surface area contributed by atoms with Crippen LogP contribution >= 0.6 is 0 Å². The standard InChI is InChI=1S/C19H25N7OSi/c1-24-12-15(10-21-24)17-9-18-20-5-6-26(18)19(23-17)16-11-22-25(13-16)14-27-7-8-28(2,3)4/h5-6,9-13H,7-8,14H2,1-4H3. The van der Waals surface area contributed by atoms with Crippen molar-refractivity contribution >= 4 is 13.7 Å². The van der Waals surface area contributed by atoms with Crippen LogP contribution in [0.2, 0.25) is 25.7 Å². The number of nitrogens with zero attached hydrogens (tertiary/aromatic N) is 7. The van der Waals surface area contributed by atoms with Crippen molar-refractivity contribution in [3.63, 3.8) is 0 Å². The molecule has 0 unspecified atom stereocenters. The molecule has 0 aromatic carbocycles. The Bertz CT molecular complexity index is 1090. The summed E-state index contributed by atoms with van der Waals surface area (Å²) in [5.41, 5.74) is 3.54. The number of aryl methyl sites for hydroxylation is 1. The van der Waals surface area contributed by atoms with Gasteiger partial charge in [0.2, 0.25) is 0 Å². The summed E-state index contributed by atoms with van der Waals surface area (Å²) >= 11 is 0. The van der Waals surface area contributed by atoms with Crippen LogP contribution in [0.15, 0.2) is 43.2 Å². The molecule has 0 saturated heterocycles. The van der Waals surface area contributed by atoms with Gasteiger partial charge in [-0.05, 0) is 6.04 Å². The molecule has 0 spiro atoms. The molecule has 0 radical (unpaired) electrons. The average molecular weight is 396 g/mol. The number of hydrogen-bond donors (Lipinski definition) is 0. The Morgan fingerprint density at radius 2 is 1.89 bits per heavy atom. The highest BCUT2D eigenvalue weighted by atomic mass is 28.3. The maximum absolute atomic E-state index is 5.80. The fourth-order valence-corrected chi connectivity index (χ4v) is 3.67. The molecule has 146 valence electrons. The highest BCUT2D eigenvalue weighted by Gasteiger charge is 2.14. The third kappa shape index (κ3) is 4.05. The molecule has 4 rings (SSSR count). The summed E-state index contributed by atoms with van der Waals surface area (Å²) in [5, 5.41) is 8.68. The third-order valence-electron chi connectivity index (χ3n) is 4.50. The van der Waals surface area contributed by atoms with E-state index in [1.54, 1.807) is 21.8 Å². The first-order valence-electron chi connectivity index (χ1n) is 9.33. The Hall–Kier alpha value is -2.78. The van der Waals surface area contributed by atoms with E-state index in [0.29, 0.717) is 6.73 Å². The van der Waals surface area contributed by atoms with Crippen LogP contribution in [0.3, 0.4) is 0 Å². The molecule has 0 bridgehead atoms. The summed E-state index contributed by atoms with van der Waals surface area (Å²) in [5.74, 6) is 0.794. The Morgan fingerprint density at radius 3 is 2.64 bits per heavy atom. The van der Waals surface area contributed by atoms with Gasteiger partial charge >= 0.3 is 0 Å². The minimum atomic E-state index is -1.08. The zero-order chi connectivity index (χ0) is 19.7. The molecule has 8 nitrogen and oxygen atoms in total. The minimum absolute atomic E-state index is 0.444. The van der Waals surface area contributed by atoms with Gasteiger partial charge in [-0.25, -0.2) is 14.6 Å². The van der Waals surface area contributed by atoms with Crippen molar-refractivity contribution in [3.05, 3.63) is 43.2 Å². The number of hydrogen-bond acceptors (Lipinski definition) is 5. The van der Waals surface area contributed by atoms with Crippen LogP contribution in [0.1, 0.15) is 0 Å². The summed E-state index contributed by atoms with van der Waals surface area (Å²) in [6, 6.07) is 3.11. The topological polar surface area (TPSA) is 75.1 Å². The number of aromatic nitrogens is 7. The average Bonchev–Trinajstić information content (AvgIpc) is 3.37. The Labute approximate surface area is 164 Å². The summed E-state index contributed by atoms with van der Waals surface area (Å²) in [6.45, 7) is 8.25. The first-order chi connectivity index (χ1) is 13.4. The van der Waals surface area contributed by atoms with Gasteiger partial charge in [0.25, 0.3) is 0 Å². The third-order valence-corrected chi connectivity index (χ3v) is 6.21. The van der Waals surface area contributed by atoms with Crippen LogP contribution in [-0.4, -0.2) is 48.6 Å². The monoisotopic (exact) mass is 395 g/mol. The van der Waals surface area contributed by atoms with E-state index in [-0.39, 0.29) is 0 Å². The van der Waals surface area contributed by atoms with E-state index in [9.17, 15) is 0 Å². The Morgan fingerprint density at radius 1 is 1.07 bits per heavy atom. The maximum Gasteiger partial charge on any atom is 0.149 e. The molecule has 4 heterocycles. The van der Waals surface area contributed by atoms with Crippen LogP contribution in [0.5, 0.6) is 0 Å². The summed E-state index contributed by atoms with van der Waals surface area (Å²) in [7, 11) is 0.809. The number of ether oxygens (including phenoxy) is 1. The molecule has 0 saturated carbocycles. The quantitative estimate of drug-likeness (QED) is 0.354. The fourth-order valence-electron chi connectivity index (χ4n) is 2.91. The summed E-state index contributed by atoms with van der Waals surface area (Å²) < 4.78 is 11.3. The Balaban J connectivity index is 1.59. The second-order valence-corrected chi connectivity index (χ2v) is 13.8. The lowest BCUT2D eigenvalue weighted by atomic mass is 10.2. The van der Waals surface area contributed by atoms with Gasteiger partial charge in [0.15, 0.2) is 0 Å². The molecule has 0 fully saturated rings. The van der Waals surface area contributed by atoms with Gasteiger partial charge in [-0.15, -0.1) is 0 Å². The van der Waals surface area contributed by atoms with E-state index >= 15 is 0 Å². The molecule has 9 heteroatoms. The molecule has 0 N–H and O–H groups in total. The largest absolute Gasteiger partial charge is 0.360 e. The number of imidazole rings is 1. The molecule has 28 heavy (non-hydrogen) atoms. The Kier molecular flexibility index (Phi) is 4.86. The van der Waals surface area contributed by atoms with Gasteiger partial charge in [-0.3, -0.25) is 9.08 Å². The van der Waals surface area contributed by atoms with Crippen LogP contribution in [0, 0.1) is 0 Å². The van der Waals surface area contributed by atoms with Crippen molar-refractivity contribution in [2.75, 3.05) is 6.61 Å². The highest BCUT2D eigenvalue weighted by molar-refractivity contribution is 6.76. The van der Waals surface area contributed by atoms with Gasteiger partial charge in [0.1, 0.15) is 18.2 Å². The van der Waals surface area contributed by atoms with Crippen molar-refractivity contribution in [3.8, 4) is 22.6 Å². The zero-order valence-corrected chi connectivity index (χ0v) is 17.7. The smallest absolute Gasteiger partial charge is 0.149 e. The van der Waals surface area contributed by atoms with Gasteiger partial charge in [-0.1, -0.05) is 19.6 Å². The van der Waals surface area contributed by atoms with E-state index in [1.165, 1.54) is 0 Å². The summed E-state index contributed by atoms with van der Waals surface area (Å²) in [4.78, 5) is 9.29. The van der Waals surface area contributed by atoms with Crippen LogP contribution in [0.4, 0.5) is 0 Å². The zero-order valence-electron chi connectivity index (χ0n) is 16.7. The first-order valence-corrected chi connectivity index (χ1v) is 13.0. The number of fused-ring (bicyclic) bond motifs is 1. The van der Waals surface area contributed by atoms with Crippen molar-refractivity contribution in [1.29, 1.82) is 0 Å². The highest BCUT2D eigenvalue weighted by Crippen LogP contribution is 2.24. The van der Waals surface area contributed by atoms with Crippen LogP contribution in [0.25, 0.3) is 28.3 Å². The molecule has 4 aromatic heterocycles. The SMILES string of the molecule is Cn1cc(-c2cc3nccn3c(-c3cnn(COCC[Si](C)(C)C)c3)n2)cn1. The predicted octanol–water partition coefficient (Wildman–Crippen LogP) is 3.31. The lowest BCUT2D eigenvalue weighted by Crippen LogP contribution is -2.22. The molecule has 0 aliphatic rings. The van der Waals surface area contributed by atoms with Crippen molar-refractivity contribution < 1.29 is 4.74 Å². The van der Waals surface area contributed by atoms with Crippen molar-refractivity contribution in [2.24, 2.45) is 7.05 Å². The second kappa shape index (κ2) is 7.32. The van der Waals surface area contributed by atoms with Gasteiger partial charge in [-0.2, -0.15) is 10.2 Å². The van der Waals surface area contributed by atoms with E-state index in [0.717, 1.165) is 40.9 Å². The molecule has 0 aliphatic carbocycles. The molecule has 0 aliphatic heterocycles. The van der Waals surface area contributed by atoms with Crippen LogP contribution < -0.4 is 0 Å². The minimum Gasteiger partial charge on any atom is -0.360 e. The lowest BCUT2D eigenvalue weighted by molar-refractivity contribution is 0.0786. The molecular weight excluding hydrogens is 370 g/mol. The number of rotatable bonds is 7. The maximum atomic E-state index is 5.80. The van der Waals surface area contributed by atoms with Crippen molar-refractivity contribution in [1.82, 2.24) is 33.9 Å². The predicted molar refractivity (Wildman–Crippen MR) is 111 cm³/mol. The normalized spacial score (nSPS) is 12.1. The molecule has 0 atom stereocenters. The summed E-state index contributed by atoms with van der Waals surface area (Å²) in [6.07, 6.45) is 11.2. The first kappa shape index (κ1) is 18.6. The van der Waals surface area contributed by atoms with E-state index < -0.39 is 8.07 Å². The van der Waals surface area contributed by atoms with Gasteiger partial charge in [0, 0.05) is 58.1 Å². The molecule has 0 amide bonds. The lowest BCUT2D eigenvalue weighted by Gasteiger charge is -2.15. The second-order valence-electron chi connectivity index (χ2n) is 8.14. The van der Waals surface area contributed by atoms with Crippen LogP contribution in [-0.2, 0) is 18.5 Å². The van der Waals surface area contributed by atoms with Gasteiger partial charge in [0.05, 0.1) is 23.7 Å². The molecule has 4 aromatic rings. The van der Waals surface area contributed by atoms with E-state index in [4.69, 9.17) is 9.72 Å². The van der Waals surface area contributed by atoms with E-state index in [2.05, 4.69) is 34.8 Å². The fraction of sp³-hybridized carbons (Fsp3) is 0.368. The van der Waals surface area contributed by atoms with Crippen molar-refractivity contribution in [2.45, 2.75) is 32.4 Å². The molecular formula is C19H25N7OSi. The van der Waals surface area contributed by atoms with E-state index in [1.807, 2.05) is 42.3 Å².